The van der Waals surface area contributed by atoms with Crippen molar-refractivity contribution in [2.75, 3.05) is 0 Å². The largest absolute Gasteiger partial charge is 0.390 e. The number of nitrogens with one attached hydrogen (secondary N) is 1. The van der Waals surface area contributed by atoms with Gasteiger partial charge in [-0.25, -0.2) is 0 Å². The summed E-state index contributed by atoms with van der Waals surface area (Å²) in [7, 11) is 0. The van der Waals surface area contributed by atoms with E-state index in [4.69, 9.17) is 4.74 Å². The molecular formula is C24H35NO5. The Balaban J connectivity index is 1.70. The average Bonchev–Trinajstić information content (AvgIpc) is 3.08. The van der Waals surface area contributed by atoms with Crippen LogP contribution in [0.25, 0.3) is 0 Å². The predicted octanol–water partition coefficient (Wildman–Crippen LogP) is 1.98. The second kappa shape index (κ2) is 6.39. The number of carbonyl (C=O) groups excluding carboxylic acids is 2. The van der Waals surface area contributed by atoms with Crippen LogP contribution in [0, 0.1) is 35.0 Å². The lowest BCUT2D eigenvalue weighted by Crippen LogP contribution is -2.64. The van der Waals surface area contributed by atoms with Crippen LogP contribution >= 0.6 is 0 Å². The molecule has 30 heavy (non-hydrogen) atoms. The first-order chi connectivity index (χ1) is 14.0. The van der Waals surface area contributed by atoms with E-state index in [1.165, 1.54) is 0 Å². The van der Waals surface area contributed by atoms with Crippen LogP contribution in [0.1, 0.15) is 60.3 Å². The molecule has 1 spiro atoms. The molecule has 6 heteroatoms. The van der Waals surface area contributed by atoms with Crippen LogP contribution in [0.2, 0.25) is 0 Å². The van der Waals surface area contributed by atoms with Crippen molar-refractivity contribution in [3.8, 4) is 0 Å². The number of amides is 1. The van der Waals surface area contributed by atoms with E-state index in [1.54, 1.807) is 0 Å². The van der Waals surface area contributed by atoms with Gasteiger partial charge in [-0.2, -0.15) is 0 Å². The lowest BCUT2D eigenvalue weighted by Gasteiger charge is -2.55. The third-order valence-electron chi connectivity index (χ3n) is 9.29. The molecule has 0 aromatic heterocycles. The highest BCUT2D eigenvalue weighted by atomic mass is 16.5. The zero-order chi connectivity index (χ0) is 21.7. The standard InChI is InChI=1S/C24H35NO5/c1-10(2)8-14-17-11(3)12(4)20(28)19-18-13(9-16(27)24(17,19)22(29)25-14)21-15(26)6-7-23(18,5)30-21/h10,13-15,17-21,26,28H,6-9H2,1-5H3,(H,25,29). The molecular weight excluding hydrogens is 382 g/mol. The van der Waals surface area contributed by atoms with Gasteiger partial charge in [0.2, 0.25) is 5.91 Å². The molecule has 1 saturated carbocycles. The Morgan fingerprint density at radius 3 is 2.53 bits per heavy atom. The minimum Gasteiger partial charge on any atom is -0.390 e. The molecule has 3 N–H and O–H groups in total. The van der Waals surface area contributed by atoms with Crippen LogP contribution < -0.4 is 5.32 Å². The van der Waals surface area contributed by atoms with Crippen molar-refractivity contribution < 1.29 is 24.5 Å². The van der Waals surface area contributed by atoms with Gasteiger partial charge in [0.1, 0.15) is 11.2 Å². The number of hydrogen-bond donors (Lipinski definition) is 3. The lowest BCUT2D eigenvalue weighted by molar-refractivity contribution is -0.167. The van der Waals surface area contributed by atoms with Gasteiger partial charge in [0.15, 0.2) is 0 Å². The van der Waals surface area contributed by atoms with Crippen molar-refractivity contribution in [1.29, 1.82) is 0 Å². The van der Waals surface area contributed by atoms with Crippen molar-refractivity contribution >= 4 is 11.7 Å². The number of aliphatic hydroxyl groups excluding tert-OH is 2. The van der Waals surface area contributed by atoms with Crippen molar-refractivity contribution in [2.45, 2.75) is 90.3 Å². The van der Waals surface area contributed by atoms with Gasteiger partial charge < -0.3 is 20.3 Å². The van der Waals surface area contributed by atoms with Gasteiger partial charge in [-0.3, -0.25) is 9.59 Å². The van der Waals surface area contributed by atoms with E-state index in [0.717, 1.165) is 17.6 Å². The number of aliphatic hydroxyl groups is 2. The molecule has 2 bridgehead atoms. The molecule has 10 atom stereocenters. The number of ether oxygens (including phenoxy) is 1. The molecule has 0 aromatic carbocycles. The van der Waals surface area contributed by atoms with Gasteiger partial charge in [0, 0.05) is 36.1 Å². The average molecular weight is 418 g/mol. The monoisotopic (exact) mass is 417 g/mol. The van der Waals surface area contributed by atoms with E-state index < -0.39 is 29.1 Å². The summed E-state index contributed by atoms with van der Waals surface area (Å²) in [5.41, 5.74) is 0.130. The zero-order valence-corrected chi connectivity index (χ0v) is 18.6. The van der Waals surface area contributed by atoms with Crippen LogP contribution in [0.4, 0.5) is 0 Å². The second-order valence-corrected chi connectivity index (χ2v) is 11.2. The van der Waals surface area contributed by atoms with Gasteiger partial charge in [-0.05, 0) is 51.5 Å². The molecule has 4 fully saturated rings. The fourth-order valence-electron chi connectivity index (χ4n) is 8.09. The number of fused-ring (bicyclic) bond motifs is 6. The van der Waals surface area contributed by atoms with Crippen molar-refractivity contribution in [2.24, 2.45) is 35.0 Å². The Morgan fingerprint density at radius 1 is 1.17 bits per heavy atom. The van der Waals surface area contributed by atoms with E-state index >= 15 is 0 Å². The first-order valence-corrected chi connectivity index (χ1v) is 11.6. The van der Waals surface area contributed by atoms with Crippen molar-refractivity contribution in [3.05, 3.63) is 11.1 Å². The highest BCUT2D eigenvalue weighted by Crippen LogP contribution is 2.66. The summed E-state index contributed by atoms with van der Waals surface area (Å²) < 4.78 is 6.36. The summed E-state index contributed by atoms with van der Waals surface area (Å²) in [4.78, 5) is 27.5. The molecule has 10 unspecified atom stereocenters. The predicted molar refractivity (Wildman–Crippen MR) is 110 cm³/mol. The quantitative estimate of drug-likeness (QED) is 0.472. The molecule has 3 aliphatic heterocycles. The van der Waals surface area contributed by atoms with E-state index in [2.05, 4.69) is 26.1 Å². The first kappa shape index (κ1) is 20.7. The Hall–Kier alpha value is -1.24. The van der Waals surface area contributed by atoms with Gasteiger partial charge >= 0.3 is 0 Å². The van der Waals surface area contributed by atoms with Crippen LogP contribution in [0.5, 0.6) is 0 Å². The third-order valence-corrected chi connectivity index (χ3v) is 9.29. The highest BCUT2D eigenvalue weighted by Gasteiger charge is 2.76. The Kier molecular flexibility index (Phi) is 4.40. The SMILES string of the molecule is CC1=C(C)C2C(CC(C)C)NC(=O)C23C(=O)CC2C4OC(C)(CCC4O)C2C3C1O. The van der Waals surface area contributed by atoms with Gasteiger partial charge in [0.25, 0.3) is 0 Å². The topological polar surface area (TPSA) is 95.9 Å². The van der Waals surface area contributed by atoms with Crippen molar-refractivity contribution in [1.82, 2.24) is 5.32 Å². The van der Waals surface area contributed by atoms with Crippen LogP contribution in [-0.2, 0) is 14.3 Å². The first-order valence-electron chi connectivity index (χ1n) is 11.6. The maximum Gasteiger partial charge on any atom is 0.235 e. The molecule has 1 amide bonds. The Bertz CT molecular complexity index is 835. The van der Waals surface area contributed by atoms with Gasteiger partial charge in [-0.15, -0.1) is 0 Å². The normalized spacial score (nSPS) is 52.3. The Morgan fingerprint density at radius 2 is 1.87 bits per heavy atom. The number of rotatable bonds is 2. The number of ketones is 1. The molecule has 3 saturated heterocycles. The second-order valence-electron chi connectivity index (χ2n) is 11.2. The number of carbonyl (C=O) groups is 2. The van der Waals surface area contributed by atoms with Crippen LogP contribution in [0.15, 0.2) is 11.1 Å². The smallest absolute Gasteiger partial charge is 0.235 e. The zero-order valence-electron chi connectivity index (χ0n) is 18.6. The van der Waals surface area contributed by atoms with E-state index in [-0.39, 0.29) is 48.0 Å². The van der Waals surface area contributed by atoms with E-state index in [9.17, 15) is 19.8 Å². The molecule has 5 aliphatic rings. The summed E-state index contributed by atoms with van der Waals surface area (Å²) in [6.45, 7) is 10.3. The maximum absolute atomic E-state index is 13.9. The fraction of sp³-hybridized carbons (Fsp3) is 0.833. The van der Waals surface area contributed by atoms with Crippen molar-refractivity contribution in [3.63, 3.8) is 0 Å². The fourth-order valence-corrected chi connectivity index (χ4v) is 8.09. The van der Waals surface area contributed by atoms with Gasteiger partial charge in [0.05, 0.1) is 23.9 Å². The van der Waals surface area contributed by atoms with Gasteiger partial charge in [-0.1, -0.05) is 19.4 Å². The van der Waals surface area contributed by atoms with Crippen LogP contribution in [0.3, 0.4) is 0 Å². The lowest BCUT2D eigenvalue weighted by atomic mass is 9.45. The molecule has 2 aliphatic carbocycles. The molecule has 166 valence electrons. The minimum atomic E-state index is -1.22. The summed E-state index contributed by atoms with van der Waals surface area (Å²) >= 11 is 0. The highest BCUT2D eigenvalue weighted by molar-refractivity contribution is 6.10. The summed E-state index contributed by atoms with van der Waals surface area (Å²) in [5.74, 6) is -0.880. The number of hydrogen-bond acceptors (Lipinski definition) is 5. The molecule has 5 rings (SSSR count). The Labute approximate surface area is 178 Å². The summed E-state index contributed by atoms with van der Waals surface area (Å²) in [5, 5.41) is 25.3. The molecule has 0 aromatic rings. The summed E-state index contributed by atoms with van der Waals surface area (Å²) in [6.07, 6.45) is 0.552. The van der Waals surface area contributed by atoms with Crippen LogP contribution in [-0.4, -0.2) is 51.9 Å². The molecule has 6 nitrogen and oxygen atoms in total. The maximum atomic E-state index is 13.9. The number of Topliss-reactive ketones (excluding diaryl/α,β-unsaturated/α-hetero) is 1. The van der Waals surface area contributed by atoms with E-state index in [1.807, 2.05) is 13.8 Å². The molecule has 3 heterocycles. The molecule has 0 radical (unpaired) electrons. The summed E-state index contributed by atoms with van der Waals surface area (Å²) in [6, 6.07) is -0.0944. The van der Waals surface area contributed by atoms with E-state index in [0.29, 0.717) is 18.8 Å². The minimum absolute atomic E-state index is 0.0691. The third kappa shape index (κ3) is 2.31.